The molecule has 2 unspecified atom stereocenters. The molecule has 3 atom stereocenters. The van der Waals surface area contributed by atoms with Crippen molar-refractivity contribution in [3.63, 3.8) is 0 Å². The molecule has 0 spiro atoms. The van der Waals surface area contributed by atoms with Crippen LogP contribution in [0.15, 0.2) is 48.8 Å². The number of aliphatic hydroxyl groups is 1. The fourth-order valence-corrected chi connectivity index (χ4v) is 4.53. The lowest BCUT2D eigenvalue weighted by Gasteiger charge is -2.46. The van der Waals surface area contributed by atoms with Crippen molar-refractivity contribution >= 4 is 5.65 Å². The Labute approximate surface area is 158 Å². The molecule has 5 heteroatoms. The second-order valence-electron chi connectivity index (χ2n) is 7.57. The predicted octanol–water partition coefficient (Wildman–Crippen LogP) is 3.78. The summed E-state index contributed by atoms with van der Waals surface area (Å²) in [4.78, 5) is 4.69. The first-order valence-electron chi connectivity index (χ1n) is 9.67. The number of benzene rings is 1. The molecule has 5 nitrogen and oxygen atoms in total. The third-order valence-corrected chi connectivity index (χ3v) is 5.79. The average Bonchev–Trinajstić information content (AvgIpc) is 3.45. The SMILES string of the molecule is CCOC1(C2CC2)c2ccn3cc(C)nc3c2O[C@H](c2ccccc2)C1O. The van der Waals surface area contributed by atoms with Crippen LogP contribution in [-0.4, -0.2) is 27.2 Å². The van der Waals surface area contributed by atoms with Gasteiger partial charge in [0.05, 0.1) is 5.69 Å². The number of pyridine rings is 1. The van der Waals surface area contributed by atoms with Crippen LogP contribution in [0, 0.1) is 12.8 Å². The van der Waals surface area contributed by atoms with Crippen LogP contribution in [0.3, 0.4) is 0 Å². The fourth-order valence-electron chi connectivity index (χ4n) is 4.53. The van der Waals surface area contributed by atoms with Crippen LogP contribution in [0.2, 0.25) is 0 Å². The average molecular weight is 364 g/mol. The standard InChI is InChI=1S/C22H24N2O3/c1-3-26-22(16-9-10-16)17-11-12-24-13-14(2)23-21(24)19(17)27-18(20(22)25)15-7-5-4-6-8-15/h4-8,11-13,16,18,20,25H,3,9-10H2,1-2H3/t18-,20?,22?/m1/s1. The molecule has 1 aromatic carbocycles. The number of aromatic nitrogens is 2. The normalized spacial score (nSPS) is 27.4. The lowest BCUT2D eigenvalue weighted by Crippen LogP contribution is -2.52. The smallest absolute Gasteiger partial charge is 0.180 e. The van der Waals surface area contributed by atoms with E-state index >= 15 is 0 Å². The van der Waals surface area contributed by atoms with Crippen LogP contribution in [0.25, 0.3) is 5.65 Å². The van der Waals surface area contributed by atoms with Gasteiger partial charge in [0, 0.05) is 24.6 Å². The van der Waals surface area contributed by atoms with Crippen molar-refractivity contribution in [1.29, 1.82) is 0 Å². The van der Waals surface area contributed by atoms with Gasteiger partial charge in [0.2, 0.25) is 0 Å². The van der Waals surface area contributed by atoms with Crippen LogP contribution in [-0.2, 0) is 10.3 Å². The van der Waals surface area contributed by atoms with E-state index in [1.165, 1.54) is 0 Å². The summed E-state index contributed by atoms with van der Waals surface area (Å²) in [6, 6.07) is 11.9. The van der Waals surface area contributed by atoms with E-state index in [4.69, 9.17) is 9.47 Å². The zero-order valence-electron chi connectivity index (χ0n) is 15.6. The minimum atomic E-state index is -0.779. The Bertz CT molecular complexity index is 980. The Kier molecular flexibility index (Phi) is 3.78. The van der Waals surface area contributed by atoms with E-state index in [1.807, 2.05) is 67.0 Å². The second-order valence-corrected chi connectivity index (χ2v) is 7.57. The van der Waals surface area contributed by atoms with E-state index in [0.29, 0.717) is 12.5 Å². The first kappa shape index (κ1) is 16.8. The molecule has 2 aromatic heterocycles. The number of rotatable bonds is 4. The van der Waals surface area contributed by atoms with Gasteiger partial charge in [-0.15, -0.1) is 0 Å². The van der Waals surface area contributed by atoms with Crippen LogP contribution < -0.4 is 4.74 Å². The second kappa shape index (κ2) is 6.08. The summed E-state index contributed by atoms with van der Waals surface area (Å²) in [5, 5.41) is 11.5. The summed E-state index contributed by atoms with van der Waals surface area (Å²) < 4.78 is 14.8. The van der Waals surface area contributed by atoms with Crippen molar-refractivity contribution in [3.8, 4) is 5.75 Å². The molecule has 2 aliphatic rings. The monoisotopic (exact) mass is 364 g/mol. The van der Waals surface area contributed by atoms with Crippen molar-refractivity contribution < 1.29 is 14.6 Å². The molecule has 1 aliphatic heterocycles. The molecule has 0 amide bonds. The molecule has 0 saturated heterocycles. The van der Waals surface area contributed by atoms with Crippen LogP contribution in [0.4, 0.5) is 0 Å². The molecule has 1 saturated carbocycles. The number of imidazole rings is 1. The maximum atomic E-state index is 11.5. The molecule has 1 aliphatic carbocycles. The van der Waals surface area contributed by atoms with Gasteiger partial charge < -0.3 is 19.0 Å². The van der Waals surface area contributed by atoms with Gasteiger partial charge in [0.25, 0.3) is 0 Å². The number of fused-ring (bicyclic) bond motifs is 3. The van der Waals surface area contributed by atoms with Crippen molar-refractivity contribution in [2.75, 3.05) is 6.61 Å². The van der Waals surface area contributed by atoms with Gasteiger partial charge in [-0.3, -0.25) is 0 Å². The number of hydrogen-bond donors (Lipinski definition) is 1. The number of ether oxygens (including phenoxy) is 2. The fraction of sp³-hybridized carbons (Fsp3) is 0.409. The third-order valence-electron chi connectivity index (χ3n) is 5.79. The summed E-state index contributed by atoms with van der Waals surface area (Å²) in [6.45, 7) is 4.50. The molecule has 3 heterocycles. The number of aliphatic hydroxyl groups excluding tert-OH is 1. The van der Waals surface area contributed by atoms with E-state index in [1.54, 1.807) is 0 Å². The minimum Gasteiger partial charge on any atom is -0.479 e. The molecule has 1 fully saturated rings. The lowest BCUT2D eigenvalue weighted by atomic mass is 9.77. The largest absolute Gasteiger partial charge is 0.479 e. The number of nitrogens with zero attached hydrogens (tertiary/aromatic N) is 2. The van der Waals surface area contributed by atoms with Crippen LogP contribution in [0.5, 0.6) is 5.75 Å². The highest BCUT2D eigenvalue weighted by Gasteiger charge is 2.59. The Morgan fingerprint density at radius 1 is 1.26 bits per heavy atom. The molecule has 3 aromatic rings. The van der Waals surface area contributed by atoms with Gasteiger partial charge in [-0.05, 0) is 44.2 Å². The Balaban J connectivity index is 1.77. The van der Waals surface area contributed by atoms with Gasteiger partial charge in [0.1, 0.15) is 11.7 Å². The Hall–Kier alpha value is -2.37. The highest BCUT2D eigenvalue weighted by Crippen LogP contribution is 2.58. The third kappa shape index (κ3) is 2.42. The molecule has 0 bridgehead atoms. The molecular formula is C22H24N2O3. The van der Waals surface area contributed by atoms with Gasteiger partial charge in [-0.25, -0.2) is 4.98 Å². The Morgan fingerprint density at radius 2 is 2.04 bits per heavy atom. The van der Waals surface area contributed by atoms with Gasteiger partial charge >= 0.3 is 0 Å². The molecule has 0 radical (unpaired) electrons. The van der Waals surface area contributed by atoms with Crippen molar-refractivity contribution in [2.45, 2.75) is 44.5 Å². The predicted molar refractivity (Wildman–Crippen MR) is 102 cm³/mol. The van der Waals surface area contributed by atoms with Crippen molar-refractivity contribution in [3.05, 3.63) is 65.6 Å². The lowest BCUT2D eigenvalue weighted by molar-refractivity contribution is -0.185. The summed E-state index contributed by atoms with van der Waals surface area (Å²) in [6.07, 6.45) is 4.81. The molecule has 1 N–H and O–H groups in total. The molecular weight excluding hydrogens is 340 g/mol. The molecule has 27 heavy (non-hydrogen) atoms. The molecule has 5 rings (SSSR count). The van der Waals surface area contributed by atoms with E-state index in [2.05, 4.69) is 4.98 Å². The van der Waals surface area contributed by atoms with Gasteiger partial charge in [0.15, 0.2) is 17.5 Å². The van der Waals surface area contributed by atoms with Crippen LogP contribution >= 0.6 is 0 Å². The first-order valence-corrected chi connectivity index (χ1v) is 9.67. The summed E-state index contributed by atoms with van der Waals surface area (Å²) in [5.41, 5.74) is 2.82. The highest BCUT2D eigenvalue weighted by molar-refractivity contribution is 5.62. The highest BCUT2D eigenvalue weighted by atomic mass is 16.5. The van der Waals surface area contributed by atoms with Crippen LogP contribution in [0.1, 0.15) is 42.7 Å². The quantitative estimate of drug-likeness (QED) is 0.765. The zero-order valence-corrected chi connectivity index (χ0v) is 15.6. The number of hydrogen-bond acceptors (Lipinski definition) is 4. The summed E-state index contributed by atoms with van der Waals surface area (Å²) in [5.74, 6) is 1.02. The van der Waals surface area contributed by atoms with E-state index < -0.39 is 17.8 Å². The number of aryl methyl sites for hydroxylation is 1. The van der Waals surface area contributed by atoms with Crippen molar-refractivity contribution in [2.24, 2.45) is 5.92 Å². The topological polar surface area (TPSA) is 56.0 Å². The van der Waals surface area contributed by atoms with Gasteiger partial charge in [-0.2, -0.15) is 0 Å². The Morgan fingerprint density at radius 3 is 2.74 bits per heavy atom. The van der Waals surface area contributed by atoms with E-state index in [9.17, 15) is 5.11 Å². The van der Waals surface area contributed by atoms with Gasteiger partial charge in [-0.1, -0.05) is 30.3 Å². The summed E-state index contributed by atoms with van der Waals surface area (Å²) in [7, 11) is 0. The maximum Gasteiger partial charge on any atom is 0.180 e. The van der Waals surface area contributed by atoms with Crippen molar-refractivity contribution in [1.82, 2.24) is 9.38 Å². The summed E-state index contributed by atoms with van der Waals surface area (Å²) >= 11 is 0. The first-order chi connectivity index (χ1) is 13.1. The molecule has 140 valence electrons. The minimum absolute atomic E-state index is 0.292. The van der Waals surface area contributed by atoms with E-state index in [-0.39, 0.29) is 0 Å². The van der Waals surface area contributed by atoms with E-state index in [0.717, 1.165) is 41.1 Å². The zero-order chi connectivity index (χ0) is 18.6. The maximum absolute atomic E-state index is 11.5.